The third kappa shape index (κ3) is 4.89. The zero-order valence-electron chi connectivity index (χ0n) is 16.5. The quantitative estimate of drug-likeness (QED) is 0.426. The maximum Gasteiger partial charge on any atom is 0.417 e. The Balaban J connectivity index is 1.90. The Hall–Kier alpha value is -3.05. The molecule has 2 heterocycles. The molecule has 0 bridgehead atoms. The molecule has 1 aromatic carbocycles. The number of anilines is 1. The molecule has 0 aliphatic carbocycles. The second-order valence-electron chi connectivity index (χ2n) is 6.70. The minimum Gasteiger partial charge on any atom is -0.384 e. The van der Waals surface area contributed by atoms with Gasteiger partial charge in [-0.3, -0.25) is 18.7 Å². The van der Waals surface area contributed by atoms with Gasteiger partial charge in [0.1, 0.15) is 16.4 Å². The zero-order valence-corrected chi connectivity index (χ0v) is 18.1. The number of thioether (sulfide) groups is 1. The molecular weight excluding hydrogens is 469 g/mol. The molecule has 0 spiro atoms. The predicted octanol–water partition coefficient (Wildman–Crippen LogP) is 3.22. The highest BCUT2D eigenvalue weighted by Gasteiger charge is 2.31. The van der Waals surface area contributed by atoms with Crippen molar-refractivity contribution in [2.45, 2.75) is 17.7 Å². The summed E-state index contributed by atoms with van der Waals surface area (Å²) in [6.45, 7) is 0.0410. The maximum atomic E-state index is 12.8. The number of pyridine rings is 1. The van der Waals surface area contributed by atoms with E-state index in [1.165, 1.54) is 7.05 Å². The average Bonchev–Trinajstić information content (AvgIpc) is 2.74. The van der Waals surface area contributed by atoms with Crippen molar-refractivity contribution in [2.75, 3.05) is 11.5 Å². The van der Waals surface area contributed by atoms with Crippen LogP contribution in [0.3, 0.4) is 0 Å². The molecule has 32 heavy (non-hydrogen) atoms. The van der Waals surface area contributed by atoms with E-state index in [1.807, 2.05) is 0 Å². The molecule has 0 saturated carbocycles. The molecule has 0 aliphatic rings. The average molecular weight is 485 g/mol. The van der Waals surface area contributed by atoms with Gasteiger partial charge in [-0.1, -0.05) is 53.7 Å². The molecule has 168 valence electrons. The summed E-state index contributed by atoms with van der Waals surface area (Å²) in [4.78, 5) is 41.5. The molecule has 0 saturated heterocycles. The summed E-state index contributed by atoms with van der Waals surface area (Å²) < 4.78 is 40.1. The highest BCUT2D eigenvalue weighted by Crippen LogP contribution is 2.33. The summed E-state index contributed by atoms with van der Waals surface area (Å²) in [5, 5.41) is -0.298. The number of aromatic nitrogens is 3. The fraction of sp³-hybridized carbons (Fsp3) is 0.200. The number of hydrogen-bond acceptors (Lipinski definition) is 6. The molecule has 0 fully saturated rings. The third-order valence-corrected chi connectivity index (χ3v) is 5.93. The van der Waals surface area contributed by atoms with Crippen molar-refractivity contribution >= 4 is 35.0 Å². The van der Waals surface area contributed by atoms with Gasteiger partial charge in [-0.05, 0) is 11.6 Å². The molecule has 12 heteroatoms. The smallest absolute Gasteiger partial charge is 0.384 e. The fourth-order valence-corrected chi connectivity index (χ4v) is 3.92. The van der Waals surface area contributed by atoms with E-state index in [-0.39, 0.29) is 28.2 Å². The number of Topliss-reactive ketones (excluding diaryl/α,β-unsaturated/α-hetero) is 1. The summed E-state index contributed by atoms with van der Waals surface area (Å²) in [5.41, 5.74) is 3.78. The molecule has 2 N–H and O–H groups in total. The Morgan fingerprint density at radius 3 is 2.47 bits per heavy atom. The number of carbonyl (C=O) groups excluding carboxylic acids is 1. The van der Waals surface area contributed by atoms with Crippen LogP contribution in [0.4, 0.5) is 19.0 Å². The lowest BCUT2D eigenvalue weighted by Crippen LogP contribution is -2.43. The largest absolute Gasteiger partial charge is 0.417 e. The van der Waals surface area contributed by atoms with Crippen molar-refractivity contribution in [3.8, 4) is 0 Å². The number of carbonyl (C=O) groups is 1. The summed E-state index contributed by atoms with van der Waals surface area (Å²) in [5.74, 6) is -1.38. The number of nitrogens with zero attached hydrogens (tertiary/aromatic N) is 3. The number of alkyl halides is 3. The van der Waals surface area contributed by atoms with Gasteiger partial charge in [0.2, 0.25) is 0 Å². The predicted molar refractivity (Wildman–Crippen MR) is 115 cm³/mol. The number of benzene rings is 1. The van der Waals surface area contributed by atoms with Gasteiger partial charge in [0, 0.05) is 13.2 Å². The topological polar surface area (TPSA) is 100.0 Å². The lowest BCUT2D eigenvalue weighted by molar-refractivity contribution is -0.137. The van der Waals surface area contributed by atoms with Crippen molar-refractivity contribution in [2.24, 2.45) is 7.05 Å². The van der Waals surface area contributed by atoms with E-state index in [2.05, 4.69) is 4.98 Å². The Kier molecular flexibility index (Phi) is 6.79. The summed E-state index contributed by atoms with van der Waals surface area (Å²) in [6, 6.07) is 9.54. The Morgan fingerprint density at radius 2 is 1.88 bits per heavy atom. The van der Waals surface area contributed by atoms with Gasteiger partial charge in [-0.2, -0.15) is 13.2 Å². The molecule has 3 rings (SSSR count). The number of hydrogen-bond donors (Lipinski definition) is 1. The normalized spacial score (nSPS) is 11.5. The summed E-state index contributed by atoms with van der Waals surface area (Å²) in [7, 11) is 1.23. The van der Waals surface area contributed by atoms with Crippen molar-refractivity contribution in [1.29, 1.82) is 0 Å². The lowest BCUT2D eigenvalue weighted by atomic mass is 10.2. The number of nitrogen functional groups attached to an aromatic ring is 1. The van der Waals surface area contributed by atoms with Gasteiger partial charge >= 0.3 is 11.9 Å². The van der Waals surface area contributed by atoms with Gasteiger partial charge in [-0.15, -0.1) is 0 Å². The minimum atomic E-state index is -4.61. The monoisotopic (exact) mass is 484 g/mol. The standard InChI is InChI=1S/C20H16ClF3N4O3S/c1-27-18(30)15(16(25)28(19(27)31)9-11-5-3-2-4-6-11)14(29)10-32-17-13(21)7-12(8-26-17)20(22,23)24/h2-8H,9-10,25H2,1H3. The second kappa shape index (κ2) is 9.21. The van der Waals surface area contributed by atoms with Gasteiger partial charge in [0.25, 0.3) is 5.56 Å². The van der Waals surface area contributed by atoms with Crippen molar-refractivity contribution in [1.82, 2.24) is 14.1 Å². The minimum absolute atomic E-state index is 0.0129. The van der Waals surface area contributed by atoms with E-state index in [9.17, 15) is 27.6 Å². The molecule has 0 amide bonds. The van der Waals surface area contributed by atoms with Crippen LogP contribution in [0.15, 0.2) is 57.2 Å². The molecule has 0 aliphatic heterocycles. The van der Waals surface area contributed by atoms with Crippen LogP contribution in [0.5, 0.6) is 0 Å². The van der Waals surface area contributed by atoms with E-state index in [0.717, 1.165) is 26.5 Å². The highest BCUT2D eigenvalue weighted by atomic mass is 35.5. The summed E-state index contributed by atoms with van der Waals surface area (Å²) in [6.07, 6.45) is -4.01. The van der Waals surface area contributed by atoms with Crippen molar-refractivity contribution in [3.63, 3.8) is 0 Å². The van der Waals surface area contributed by atoms with Gasteiger partial charge in [-0.25, -0.2) is 9.78 Å². The van der Waals surface area contributed by atoms with Crippen LogP contribution in [-0.4, -0.2) is 25.7 Å². The number of nitrogens with two attached hydrogens (primary N) is 1. The SMILES string of the molecule is Cn1c(=O)c(C(=O)CSc2ncc(C(F)(F)F)cc2Cl)c(N)n(Cc2ccccc2)c1=O. The first-order valence-corrected chi connectivity index (χ1v) is 10.4. The van der Waals surface area contributed by atoms with Crippen LogP contribution < -0.4 is 17.0 Å². The Morgan fingerprint density at radius 1 is 1.22 bits per heavy atom. The Bertz CT molecular complexity index is 1290. The molecule has 7 nitrogen and oxygen atoms in total. The van der Waals surface area contributed by atoms with E-state index in [4.69, 9.17) is 17.3 Å². The summed E-state index contributed by atoms with van der Waals surface area (Å²) >= 11 is 6.61. The fourth-order valence-electron chi connectivity index (χ4n) is 2.86. The van der Waals surface area contributed by atoms with Crippen molar-refractivity contribution < 1.29 is 18.0 Å². The third-order valence-electron chi connectivity index (χ3n) is 4.52. The first kappa shape index (κ1) is 23.6. The van der Waals surface area contributed by atoms with Crippen molar-refractivity contribution in [3.05, 3.63) is 85.1 Å². The number of rotatable bonds is 6. The van der Waals surface area contributed by atoms with Gasteiger partial charge in [0.05, 0.1) is 22.9 Å². The van der Waals surface area contributed by atoms with Crippen LogP contribution in [0.1, 0.15) is 21.5 Å². The number of ketones is 1. The van der Waals surface area contributed by atoms with Crippen LogP contribution in [0.2, 0.25) is 5.02 Å². The van der Waals surface area contributed by atoms with E-state index in [1.54, 1.807) is 30.3 Å². The van der Waals surface area contributed by atoms with Crippen LogP contribution in [0.25, 0.3) is 0 Å². The highest BCUT2D eigenvalue weighted by molar-refractivity contribution is 8.00. The van der Waals surface area contributed by atoms with E-state index >= 15 is 0 Å². The molecule has 0 unspecified atom stereocenters. The number of halogens is 4. The van der Waals surface area contributed by atoms with Gasteiger partial charge in [0.15, 0.2) is 5.78 Å². The molecular formula is C20H16ClF3N4O3S. The lowest BCUT2D eigenvalue weighted by Gasteiger charge is -2.14. The second-order valence-corrected chi connectivity index (χ2v) is 8.07. The first-order chi connectivity index (χ1) is 15.0. The van der Waals surface area contributed by atoms with Crippen LogP contribution >= 0.6 is 23.4 Å². The maximum absolute atomic E-state index is 12.8. The van der Waals surface area contributed by atoms with E-state index < -0.39 is 34.3 Å². The molecule has 0 atom stereocenters. The van der Waals surface area contributed by atoms with E-state index in [0.29, 0.717) is 12.3 Å². The molecule has 0 radical (unpaired) electrons. The zero-order chi connectivity index (χ0) is 23.6. The molecule has 2 aromatic heterocycles. The Labute approximate surface area is 188 Å². The van der Waals surface area contributed by atoms with Crippen LogP contribution in [0, 0.1) is 0 Å². The molecule has 3 aromatic rings. The first-order valence-electron chi connectivity index (χ1n) is 9.02. The van der Waals surface area contributed by atoms with Gasteiger partial charge < -0.3 is 5.73 Å². The van der Waals surface area contributed by atoms with Crippen LogP contribution in [-0.2, 0) is 19.8 Å².